The molecule has 10 heteroatoms. The van der Waals surface area contributed by atoms with Crippen LogP contribution in [0, 0.1) is 5.82 Å². The second-order valence-corrected chi connectivity index (χ2v) is 7.94. The first-order chi connectivity index (χ1) is 15.1. The van der Waals surface area contributed by atoms with E-state index in [1.54, 1.807) is 28.8 Å². The summed E-state index contributed by atoms with van der Waals surface area (Å²) in [5.74, 6) is 0.471. The van der Waals surface area contributed by atoms with Gasteiger partial charge in [-0.15, -0.1) is 16.8 Å². The highest BCUT2D eigenvalue weighted by atomic mass is 32.2. The van der Waals surface area contributed by atoms with Crippen molar-refractivity contribution in [3.05, 3.63) is 48.6 Å². The first-order valence-corrected chi connectivity index (χ1v) is 11.1. The minimum Gasteiger partial charge on any atom is -0.483 e. The monoisotopic (exact) mass is 447 g/mol. The molecule has 1 aliphatic rings. The van der Waals surface area contributed by atoms with E-state index < -0.39 is 5.82 Å². The van der Waals surface area contributed by atoms with Crippen molar-refractivity contribution in [2.24, 2.45) is 0 Å². The molecule has 0 radical (unpaired) electrons. The number of hydrogen-bond acceptors (Lipinski definition) is 6. The van der Waals surface area contributed by atoms with Crippen LogP contribution in [0.1, 0.15) is 25.1 Å². The molecular weight excluding hydrogens is 421 g/mol. The number of nitrogens with one attached hydrogen (secondary N) is 1. The normalized spacial score (nSPS) is 13.5. The Morgan fingerprint density at radius 2 is 2.19 bits per heavy atom. The van der Waals surface area contributed by atoms with Gasteiger partial charge in [-0.05, 0) is 25.0 Å². The summed E-state index contributed by atoms with van der Waals surface area (Å²) in [6.45, 7) is 6.23. The molecule has 1 aromatic heterocycles. The van der Waals surface area contributed by atoms with Gasteiger partial charge < -0.3 is 15.0 Å². The highest BCUT2D eigenvalue weighted by molar-refractivity contribution is 7.99. The quantitative estimate of drug-likeness (QED) is 0.305. The van der Waals surface area contributed by atoms with Gasteiger partial charge in [-0.25, -0.2) is 4.39 Å². The van der Waals surface area contributed by atoms with Crippen molar-refractivity contribution in [3.63, 3.8) is 0 Å². The van der Waals surface area contributed by atoms with Crippen LogP contribution in [0.5, 0.6) is 5.75 Å². The van der Waals surface area contributed by atoms with Crippen molar-refractivity contribution >= 4 is 23.6 Å². The summed E-state index contributed by atoms with van der Waals surface area (Å²) in [5, 5.41) is 11.7. The molecule has 31 heavy (non-hydrogen) atoms. The number of benzene rings is 1. The molecule has 166 valence electrons. The Morgan fingerprint density at radius 3 is 2.94 bits per heavy atom. The Balaban J connectivity index is 1.45. The predicted molar refractivity (Wildman–Crippen MR) is 115 cm³/mol. The van der Waals surface area contributed by atoms with E-state index in [4.69, 9.17) is 4.74 Å². The van der Waals surface area contributed by atoms with Crippen LogP contribution < -0.4 is 10.1 Å². The van der Waals surface area contributed by atoms with Crippen LogP contribution in [-0.4, -0.2) is 56.9 Å². The lowest BCUT2D eigenvalue weighted by Gasteiger charge is -2.15. The molecule has 0 atom stereocenters. The Labute approximate surface area is 184 Å². The number of halogens is 1. The molecule has 0 saturated carbocycles. The van der Waals surface area contributed by atoms with Gasteiger partial charge in [0.05, 0.1) is 5.75 Å². The van der Waals surface area contributed by atoms with Crippen LogP contribution in [0.25, 0.3) is 0 Å². The molecule has 1 aliphatic heterocycles. The molecule has 0 spiro atoms. The molecule has 8 nitrogen and oxygen atoms in total. The zero-order valence-electron chi connectivity index (χ0n) is 17.3. The summed E-state index contributed by atoms with van der Waals surface area (Å²) in [4.78, 5) is 25.6. The third-order valence-electron chi connectivity index (χ3n) is 4.73. The first kappa shape index (κ1) is 22.8. The van der Waals surface area contributed by atoms with Crippen LogP contribution >= 0.6 is 11.8 Å². The van der Waals surface area contributed by atoms with Crippen LogP contribution in [-0.2, 0) is 22.7 Å². The van der Waals surface area contributed by atoms with E-state index in [2.05, 4.69) is 22.1 Å². The third kappa shape index (κ3) is 6.55. The molecule has 1 aromatic carbocycles. The number of hydrogen-bond donors (Lipinski definition) is 1. The Kier molecular flexibility index (Phi) is 8.45. The number of rotatable bonds is 12. The van der Waals surface area contributed by atoms with Crippen molar-refractivity contribution < 1.29 is 18.7 Å². The van der Waals surface area contributed by atoms with Crippen molar-refractivity contribution in [3.8, 4) is 5.75 Å². The Morgan fingerprint density at radius 1 is 1.35 bits per heavy atom. The van der Waals surface area contributed by atoms with Gasteiger partial charge in [-0.3, -0.25) is 14.2 Å². The number of carbonyl (C=O) groups is 2. The molecule has 1 N–H and O–H groups in total. The maximum atomic E-state index is 13.7. The number of amides is 2. The van der Waals surface area contributed by atoms with E-state index in [9.17, 15) is 14.0 Å². The van der Waals surface area contributed by atoms with Gasteiger partial charge in [0.15, 0.2) is 22.5 Å². The van der Waals surface area contributed by atoms with E-state index >= 15 is 0 Å². The Hall–Kier alpha value is -2.88. The zero-order chi connectivity index (χ0) is 22.1. The second kappa shape index (κ2) is 11.5. The molecule has 0 aliphatic carbocycles. The van der Waals surface area contributed by atoms with Gasteiger partial charge in [0.1, 0.15) is 6.61 Å². The minimum atomic E-state index is -0.447. The molecule has 2 aromatic rings. The van der Waals surface area contributed by atoms with E-state index in [-0.39, 0.29) is 29.9 Å². The predicted octanol–water partition coefficient (Wildman–Crippen LogP) is 2.40. The smallest absolute Gasteiger partial charge is 0.230 e. The highest BCUT2D eigenvalue weighted by Crippen LogP contribution is 2.20. The lowest BCUT2D eigenvalue weighted by Crippen LogP contribution is -2.31. The standard InChI is InChI=1S/C21H26FN5O3S/c1-2-11-27-18(14-30-17-8-4-3-7-16(17)22)24-25-21(27)31-15-19(28)23-10-6-13-26-12-5-9-20(26)29/h2-4,7-8H,1,5-6,9-15H2,(H,23,28). The Bertz CT molecular complexity index is 920. The average Bonchev–Trinajstić information content (AvgIpc) is 3.35. The van der Waals surface area contributed by atoms with Gasteiger partial charge in [0.25, 0.3) is 0 Å². The fourth-order valence-corrected chi connectivity index (χ4v) is 3.96. The molecule has 0 bridgehead atoms. The SMILES string of the molecule is C=CCn1c(COc2ccccc2F)nnc1SCC(=O)NCCCN1CCCC1=O. The summed E-state index contributed by atoms with van der Waals surface area (Å²) in [5.41, 5.74) is 0. The number of carbonyl (C=O) groups excluding carboxylic acids is 2. The minimum absolute atomic E-state index is 0.0454. The van der Waals surface area contributed by atoms with E-state index in [0.29, 0.717) is 37.0 Å². The van der Waals surface area contributed by atoms with Crippen LogP contribution in [0.4, 0.5) is 4.39 Å². The van der Waals surface area contributed by atoms with Crippen molar-refractivity contribution in [1.29, 1.82) is 0 Å². The van der Waals surface area contributed by atoms with E-state index in [1.165, 1.54) is 17.8 Å². The molecule has 3 rings (SSSR count). The topological polar surface area (TPSA) is 89.3 Å². The van der Waals surface area contributed by atoms with Crippen LogP contribution in [0.3, 0.4) is 0 Å². The maximum Gasteiger partial charge on any atom is 0.230 e. The van der Waals surface area contributed by atoms with Crippen molar-refractivity contribution in [2.45, 2.75) is 37.6 Å². The summed E-state index contributed by atoms with van der Waals surface area (Å²) in [6, 6.07) is 6.15. The summed E-state index contributed by atoms with van der Waals surface area (Å²) in [6.07, 6.45) is 3.97. The fraction of sp³-hybridized carbons (Fsp3) is 0.429. The summed E-state index contributed by atoms with van der Waals surface area (Å²) < 4.78 is 21.0. The number of nitrogens with zero attached hydrogens (tertiary/aromatic N) is 4. The molecular formula is C21H26FN5O3S. The molecule has 0 unspecified atom stereocenters. The van der Waals surface area contributed by atoms with Gasteiger partial charge in [-0.2, -0.15) is 0 Å². The van der Waals surface area contributed by atoms with Crippen LogP contribution in [0.2, 0.25) is 0 Å². The average molecular weight is 448 g/mol. The third-order valence-corrected chi connectivity index (χ3v) is 5.70. The number of likely N-dealkylation sites (tertiary alicyclic amines) is 1. The number of aromatic nitrogens is 3. The maximum absolute atomic E-state index is 13.7. The number of para-hydroxylation sites is 1. The molecule has 1 fully saturated rings. The van der Waals surface area contributed by atoms with Gasteiger partial charge in [0.2, 0.25) is 11.8 Å². The molecule has 2 heterocycles. The summed E-state index contributed by atoms with van der Waals surface area (Å²) >= 11 is 1.26. The van der Waals surface area contributed by atoms with E-state index in [0.717, 1.165) is 19.4 Å². The number of ether oxygens (including phenoxy) is 1. The molecule has 2 amide bonds. The lowest BCUT2D eigenvalue weighted by molar-refractivity contribution is -0.127. The van der Waals surface area contributed by atoms with Crippen LogP contribution in [0.15, 0.2) is 42.1 Å². The summed E-state index contributed by atoms with van der Waals surface area (Å²) in [7, 11) is 0. The van der Waals surface area contributed by atoms with Gasteiger partial charge in [0, 0.05) is 32.6 Å². The lowest BCUT2D eigenvalue weighted by atomic mass is 10.3. The largest absolute Gasteiger partial charge is 0.483 e. The zero-order valence-corrected chi connectivity index (χ0v) is 18.1. The highest BCUT2D eigenvalue weighted by Gasteiger charge is 2.19. The number of allylic oxidation sites excluding steroid dienone is 1. The van der Waals surface area contributed by atoms with E-state index in [1.807, 2.05) is 4.90 Å². The van der Waals surface area contributed by atoms with Gasteiger partial charge >= 0.3 is 0 Å². The fourth-order valence-electron chi connectivity index (χ4n) is 3.17. The molecule has 1 saturated heterocycles. The second-order valence-electron chi connectivity index (χ2n) is 6.99. The van der Waals surface area contributed by atoms with Gasteiger partial charge in [-0.1, -0.05) is 30.0 Å². The number of thioether (sulfide) groups is 1. The van der Waals surface area contributed by atoms with Crippen molar-refractivity contribution in [2.75, 3.05) is 25.4 Å². The van der Waals surface area contributed by atoms with Crippen molar-refractivity contribution in [1.82, 2.24) is 25.0 Å². The first-order valence-electron chi connectivity index (χ1n) is 10.2.